The molecule has 1 saturated carbocycles. The van der Waals surface area contributed by atoms with Gasteiger partial charge in [-0.1, -0.05) is 18.3 Å². The van der Waals surface area contributed by atoms with Crippen molar-refractivity contribution >= 4 is 33.1 Å². The molecule has 0 saturated heterocycles. The number of nitrogens with one attached hydrogen (secondary N) is 2. The minimum atomic E-state index is -3.70. The van der Waals surface area contributed by atoms with E-state index in [-0.39, 0.29) is 35.6 Å². The van der Waals surface area contributed by atoms with E-state index in [1.807, 2.05) is 13.8 Å². The number of nitrogen functional groups attached to an aromatic ring is 1. The number of alkyl carbamates (subject to hydrolysis) is 1. The Balaban J connectivity index is 1.72. The van der Waals surface area contributed by atoms with Gasteiger partial charge in [0, 0.05) is 29.8 Å². The van der Waals surface area contributed by atoms with Crippen molar-refractivity contribution < 1.29 is 17.9 Å². The van der Waals surface area contributed by atoms with Crippen LogP contribution in [-0.4, -0.2) is 43.4 Å². The molecule has 1 amide bonds. The fraction of sp³-hybridized carbons (Fsp3) is 0.550. The number of benzene rings is 1. The molecule has 1 fully saturated rings. The first kappa shape index (κ1) is 23.4. The SMILES string of the molecule is CCNS(=O)(=O)c1cc(N)ccc1-c1nnc([C@H]2CC[C@H](NC(=O)OC(C)C)CC2)s1. The number of carbonyl (C=O) groups excluding carboxylic acids is 1. The Kier molecular flexibility index (Phi) is 7.50. The van der Waals surface area contributed by atoms with Crippen molar-refractivity contribution in [2.24, 2.45) is 0 Å². The zero-order valence-electron chi connectivity index (χ0n) is 17.9. The van der Waals surface area contributed by atoms with Gasteiger partial charge in [0.25, 0.3) is 0 Å². The Labute approximate surface area is 186 Å². The van der Waals surface area contributed by atoms with Gasteiger partial charge in [0.2, 0.25) is 10.0 Å². The number of aromatic nitrogens is 2. The predicted octanol–water partition coefficient (Wildman–Crippen LogP) is 3.25. The van der Waals surface area contributed by atoms with Gasteiger partial charge in [0.1, 0.15) is 10.0 Å². The van der Waals surface area contributed by atoms with Crippen LogP contribution in [0.15, 0.2) is 23.1 Å². The zero-order valence-corrected chi connectivity index (χ0v) is 19.6. The molecule has 4 N–H and O–H groups in total. The molecule has 0 aliphatic heterocycles. The quantitative estimate of drug-likeness (QED) is 0.532. The van der Waals surface area contributed by atoms with Gasteiger partial charge in [0.05, 0.1) is 11.0 Å². The van der Waals surface area contributed by atoms with Crippen LogP contribution in [-0.2, 0) is 14.8 Å². The van der Waals surface area contributed by atoms with Gasteiger partial charge < -0.3 is 15.8 Å². The van der Waals surface area contributed by atoms with Crippen molar-refractivity contribution in [3.05, 3.63) is 23.2 Å². The minimum Gasteiger partial charge on any atom is -0.447 e. The van der Waals surface area contributed by atoms with Crippen molar-refractivity contribution in [1.29, 1.82) is 0 Å². The third kappa shape index (κ3) is 5.92. The molecule has 1 aromatic carbocycles. The van der Waals surface area contributed by atoms with Gasteiger partial charge in [-0.05, 0) is 57.7 Å². The van der Waals surface area contributed by atoms with E-state index in [1.54, 1.807) is 19.1 Å². The lowest BCUT2D eigenvalue weighted by Crippen LogP contribution is -2.38. The normalized spacial score (nSPS) is 19.4. The van der Waals surface area contributed by atoms with Crippen LogP contribution in [0, 0.1) is 0 Å². The Bertz CT molecular complexity index is 1010. The van der Waals surface area contributed by atoms with E-state index in [2.05, 4.69) is 20.2 Å². The summed E-state index contributed by atoms with van der Waals surface area (Å²) < 4.78 is 32.9. The van der Waals surface area contributed by atoms with Crippen molar-refractivity contribution in [3.8, 4) is 10.6 Å². The number of anilines is 1. The summed E-state index contributed by atoms with van der Waals surface area (Å²) in [6.45, 7) is 5.64. The van der Waals surface area contributed by atoms with Crippen LogP contribution >= 0.6 is 11.3 Å². The maximum absolute atomic E-state index is 12.6. The molecule has 0 unspecified atom stereocenters. The summed E-state index contributed by atoms with van der Waals surface area (Å²) in [5.41, 5.74) is 6.69. The van der Waals surface area contributed by atoms with Crippen LogP contribution in [0.4, 0.5) is 10.5 Å². The lowest BCUT2D eigenvalue weighted by atomic mass is 9.86. The largest absolute Gasteiger partial charge is 0.447 e. The van der Waals surface area contributed by atoms with Crippen LogP contribution in [0.5, 0.6) is 0 Å². The van der Waals surface area contributed by atoms with E-state index >= 15 is 0 Å². The second kappa shape index (κ2) is 9.92. The molecule has 31 heavy (non-hydrogen) atoms. The first-order valence-corrected chi connectivity index (χ1v) is 12.7. The van der Waals surface area contributed by atoms with E-state index in [4.69, 9.17) is 10.5 Å². The Morgan fingerprint density at radius 3 is 2.61 bits per heavy atom. The summed E-state index contributed by atoms with van der Waals surface area (Å²) in [4.78, 5) is 11.9. The molecule has 0 bridgehead atoms. The van der Waals surface area contributed by atoms with E-state index in [9.17, 15) is 13.2 Å². The van der Waals surface area contributed by atoms with Crippen molar-refractivity contribution in [3.63, 3.8) is 0 Å². The van der Waals surface area contributed by atoms with Crippen LogP contribution in [0.2, 0.25) is 0 Å². The summed E-state index contributed by atoms with van der Waals surface area (Å²) in [6, 6.07) is 4.87. The Morgan fingerprint density at radius 2 is 1.97 bits per heavy atom. The zero-order chi connectivity index (χ0) is 22.6. The molecule has 1 aliphatic carbocycles. The van der Waals surface area contributed by atoms with Gasteiger partial charge in [-0.25, -0.2) is 17.9 Å². The first-order chi connectivity index (χ1) is 14.7. The third-order valence-electron chi connectivity index (χ3n) is 5.04. The summed E-state index contributed by atoms with van der Waals surface area (Å²) in [5.74, 6) is 0.230. The van der Waals surface area contributed by atoms with Gasteiger partial charge in [-0.15, -0.1) is 10.2 Å². The lowest BCUT2D eigenvalue weighted by Gasteiger charge is -2.27. The summed E-state index contributed by atoms with van der Waals surface area (Å²) in [7, 11) is -3.70. The van der Waals surface area contributed by atoms with Crippen molar-refractivity contribution in [2.75, 3.05) is 12.3 Å². The number of nitrogens with zero attached hydrogens (tertiary/aromatic N) is 2. The van der Waals surface area contributed by atoms with Gasteiger partial charge in [-0.3, -0.25) is 0 Å². The lowest BCUT2D eigenvalue weighted by molar-refractivity contribution is 0.109. The van der Waals surface area contributed by atoms with Crippen LogP contribution in [0.1, 0.15) is 57.4 Å². The highest BCUT2D eigenvalue weighted by Gasteiger charge is 2.28. The number of rotatable bonds is 7. The second-order valence-electron chi connectivity index (χ2n) is 7.85. The summed E-state index contributed by atoms with van der Waals surface area (Å²) in [5, 5.41) is 13.0. The second-order valence-corrected chi connectivity index (χ2v) is 10.6. The summed E-state index contributed by atoms with van der Waals surface area (Å²) >= 11 is 1.40. The highest BCUT2D eigenvalue weighted by atomic mass is 32.2. The van der Waals surface area contributed by atoms with Gasteiger partial charge in [-0.2, -0.15) is 0 Å². The fourth-order valence-corrected chi connectivity index (χ4v) is 6.01. The number of sulfonamides is 1. The molecule has 3 rings (SSSR count). The molecule has 9 nitrogen and oxygen atoms in total. The van der Waals surface area contributed by atoms with Crippen LogP contribution in [0.3, 0.4) is 0 Å². The van der Waals surface area contributed by atoms with E-state index < -0.39 is 10.0 Å². The highest BCUT2D eigenvalue weighted by molar-refractivity contribution is 7.89. The molecule has 1 aromatic heterocycles. The summed E-state index contributed by atoms with van der Waals surface area (Å²) in [6.07, 6.45) is 2.86. The molecular formula is C20H29N5O4S2. The minimum absolute atomic E-state index is 0.0869. The number of hydrogen-bond donors (Lipinski definition) is 3. The molecule has 0 radical (unpaired) electrons. The number of nitrogens with two attached hydrogens (primary N) is 1. The average Bonchev–Trinajstić information content (AvgIpc) is 3.18. The molecule has 170 valence electrons. The molecule has 0 atom stereocenters. The van der Waals surface area contributed by atoms with Gasteiger partial charge >= 0.3 is 6.09 Å². The maximum Gasteiger partial charge on any atom is 0.407 e. The highest BCUT2D eigenvalue weighted by Crippen LogP contribution is 2.38. The molecular weight excluding hydrogens is 438 g/mol. The molecule has 2 aromatic rings. The molecule has 11 heteroatoms. The van der Waals surface area contributed by atoms with Crippen molar-refractivity contribution in [2.45, 2.75) is 69.4 Å². The maximum atomic E-state index is 12.6. The molecule has 0 spiro atoms. The topological polar surface area (TPSA) is 136 Å². The number of carbonyl (C=O) groups is 1. The number of ether oxygens (including phenoxy) is 1. The Hall–Kier alpha value is -2.24. The monoisotopic (exact) mass is 467 g/mol. The molecule has 1 heterocycles. The first-order valence-electron chi connectivity index (χ1n) is 10.4. The number of amides is 1. The van der Waals surface area contributed by atoms with Crippen LogP contribution < -0.4 is 15.8 Å². The van der Waals surface area contributed by atoms with E-state index in [1.165, 1.54) is 17.4 Å². The molecule has 1 aliphatic rings. The van der Waals surface area contributed by atoms with E-state index in [0.29, 0.717) is 16.3 Å². The van der Waals surface area contributed by atoms with Gasteiger partial charge in [0.15, 0.2) is 0 Å². The smallest absolute Gasteiger partial charge is 0.407 e. The van der Waals surface area contributed by atoms with E-state index in [0.717, 1.165) is 30.7 Å². The average molecular weight is 468 g/mol. The van der Waals surface area contributed by atoms with Crippen LogP contribution in [0.25, 0.3) is 10.6 Å². The third-order valence-corrected chi connectivity index (χ3v) is 7.75. The van der Waals surface area contributed by atoms with Crippen molar-refractivity contribution in [1.82, 2.24) is 20.2 Å². The Morgan fingerprint density at radius 1 is 1.26 bits per heavy atom. The number of hydrogen-bond acceptors (Lipinski definition) is 8. The fourth-order valence-electron chi connectivity index (χ4n) is 3.61. The standard InChI is InChI=1S/C20H29N5O4S2/c1-4-22-31(27,28)17-11-14(21)7-10-16(17)19-25-24-18(30-19)13-5-8-15(9-6-13)23-20(26)29-12(2)3/h7,10-13,15,22H,4-6,8-9,21H2,1-3H3,(H,23,26)/t13-,15-. The predicted molar refractivity (Wildman–Crippen MR) is 120 cm³/mol.